The molecule has 4 heterocycles. The van der Waals surface area contributed by atoms with Gasteiger partial charge < -0.3 is 15.6 Å². The Bertz CT molecular complexity index is 2280. The van der Waals surface area contributed by atoms with Crippen LogP contribution in [0.4, 0.5) is 29.1 Å². The highest BCUT2D eigenvalue weighted by Crippen LogP contribution is 2.59. The van der Waals surface area contributed by atoms with Crippen molar-refractivity contribution in [2.24, 2.45) is 0 Å². The molecule has 1 aromatic carbocycles. The van der Waals surface area contributed by atoms with E-state index in [2.05, 4.69) is 30.6 Å². The first-order valence-corrected chi connectivity index (χ1v) is 20.0. The van der Waals surface area contributed by atoms with E-state index < -0.39 is 43.0 Å². The third-order valence-electron chi connectivity index (χ3n) is 8.07. The maximum atomic E-state index is 14.8. The largest absolute Gasteiger partial charge is 0.401 e. The number of sulfone groups is 2. The third-order valence-corrected chi connectivity index (χ3v) is 9.92. The first-order valence-electron chi connectivity index (χ1n) is 15.9. The lowest BCUT2D eigenvalue weighted by Gasteiger charge is -2.14. The van der Waals surface area contributed by atoms with Crippen molar-refractivity contribution >= 4 is 37.1 Å². The third kappa shape index (κ3) is 10.9. The summed E-state index contributed by atoms with van der Waals surface area (Å²) in [6, 6.07) is 5.32. The molecule has 0 aliphatic heterocycles. The number of aryl methyl sites for hydroxylation is 2. The Labute approximate surface area is 301 Å². The molecule has 0 saturated heterocycles. The molecular weight excluding hydrogens is 747 g/mol. The molecular formula is C32H35F4N9O6S2. The minimum Gasteiger partial charge on any atom is -0.396 e. The van der Waals surface area contributed by atoms with Gasteiger partial charge in [-0.2, -0.15) is 23.4 Å². The summed E-state index contributed by atoms with van der Waals surface area (Å²) >= 11 is 0. The van der Waals surface area contributed by atoms with Crippen LogP contribution in [0.5, 0.6) is 0 Å². The molecule has 4 aromatic heterocycles. The minimum absolute atomic E-state index is 0.0201. The highest BCUT2D eigenvalue weighted by molar-refractivity contribution is 7.90. The van der Waals surface area contributed by atoms with E-state index in [0.717, 1.165) is 17.9 Å². The molecule has 53 heavy (non-hydrogen) atoms. The lowest BCUT2D eigenvalue weighted by Crippen LogP contribution is -2.28. The van der Waals surface area contributed by atoms with Gasteiger partial charge in [-0.25, -0.2) is 31.2 Å². The van der Waals surface area contributed by atoms with Gasteiger partial charge in [0.15, 0.2) is 11.6 Å². The summed E-state index contributed by atoms with van der Waals surface area (Å²) in [6.07, 6.45) is 7.16. The number of alkyl halides is 3. The summed E-state index contributed by atoms with van der Waals surface area (Å²) < 4.78 is 107. The van der Waals surface area contributed by atoms with Crippen LogP contribution in [-0.4, -0.2) is 87.6 Å². The van der Waals surface area contributed by atoms with E-state index in [0.29, 0.717) is 35.6 Å². The zero-order valence-electron chi connectivity index (χ0n) is 28.4. The molecule has 284 valence electrons. The smallest absolute Gasteiger partial charge is 0.396 e. The number of carbonyl (C=O) groups is 1. The Hall–Kier alpha value is -5.18. The van der Waals surface area contributed by atoms with Crippen LogP contribution in [0, 0.1) is 5.82 Å². The molecule has 3 N–H and O–H groups in total. The van der Waals surface area contributed by atoms with E-state index in [1.54, 1.807) is 24.7 Å². The molecule has 0 unspecified atom stereocenters. The Kier molecular flexibility index (Phi) is 11.4. The number of rotatable bonds is 13. The molecule has 0 spiro atoms. The van der Waals surface area contributed by atoms with Gasteiger partial charge in [-0.1, -0.05) is 17.3 Å². The summed E-state index contributed by atoms with van der Waals surface area (Å²) in [6.45, 7) is 0.599. The minimum atomic E-state index is -4.47. The molecule has 1 aliphatic carbocycles. The molecule has 1 saturated carbocycles. The fourth-order valence-corrected chi connectivity index (χ4v) is 6.04. The lowest BCUT2D eigenvalue weighted by molar-refractivity contribution is -0.165. The van der Waals surface area contributed by atoms with Crippen LogP contribution in [-0.2, 0) is 55.8 Å². The zero-order chi connectivity index (χ0) is 38.6. The van der Waals surface area contributed by atoms with Crippen LogP contribution < -0.4 is 11.1 Å². The van der Waals surface area contributed by atoms with Crippen LogP contribution >= 0.6 is 0 Å². The lowest BCUT2D eigenvalue weighted by atomic mass is 10.0. The molecule has 6 rings (SSSR count). The quantitative estimate of drug-likeness (QED) is 0.165. The predicted octanol–water partition coefficient (Wildman–Crippen LogP) is 3.39. The average Bonchev–Trinajstić information content (AvgIpc) is 3.33. The van der Waals surface area contributed by atoms with Gasteiger partial charge in [0, 0.05) is 55.3 Å². The van der Waals surface area contributed by atoms with E-state index >= 15 is 0 Å². The second kappa shape index (κ2) is 15.4. The summed E-state index contributed by atoms with van der Waals surface area (Å²) in [5, 5.41) is 13.8. The summed E-state index contributed by atoms with van der Waals surface area (Å²) in [5.41, 5.74) is 5.77. The van der Waals surface area contributed by atoms with Crippen LogP contribution in [0.2, 0.25) is 0 Å². The highest BCUT2D eigenvalue weighted by Gasteiger charge is 2.67. The van der Waals surface area contributed by atoms with Gasteiger partial charge in [-0.05, 0) is 35.6 Å². The molecule has 1 amide bonds. The second-order valence-electron chi connectivity index (χ2n) is 12.7. The number of halogens is 4. The van der Waals surface area contributed by atoms with Gasteiger partial charge in [0.25, 0.3) is 0 Å². The van der Waals surface area contributed by atoms with Crippen LogP contribution in [0.25, 0.3) is 11.1 Å². The van der Waals surface area contributed by atoms with E-state index in [4.69, 9.17) is 10.3 Å². The number of nitrogens with two attached hydrogens (primary N) is 1. The molecule has 0 atom stereocenters. The van der Waals surface area contributed by atoms with Gasteiger partial charge in [0.2, 0.25) is 5.91 Å². The van der Waals surface area contributed by atoms with E-state index in [9.17, 15) is 39.2 Å². The Balaban J connectivity index is 0.000000384. The first-order chi connectivity index (χ1) is 24.8. The number of aromatic nitrogens is 7. The van der Waals surface area contributed by atoms with Crippen molar-refractivity contribution in [3.63, 3.8) is 0 Å². The van der Waals surface area contributed by atoms with Gasteiger partial charge in [0.05, 0.1) is 49.1 Å². The monoisotopic (exact) mass is 781 g/mol. The predicted molar refractivity (Wildman–Crippen MR) is 184 cm³/mol. The van der Waals surface area contributed by atoms with Crippen molar-refractivity contribution in [3.8, 4) is 11.1 Å². The van der Waals surface area contributed by atoms with Crippen molar-refractivity contribution in [3.05, 3.63) is 90.0 Å². The van der Waals surface area contributed by atoms with Gasteiger partial charge in [0.1, 0.15) is 36.7 Å². The number of nitrogens with zero attached hydrogens (tertiary/aromatic N) is 7. The molecule has 0 radical (unpaired) electrons. The highest BCUT2D eigenvalue weighted by atomic mass is 32.2. The number of nitrogen functional groups attached to an aromatic ring is 1. The van der Waals surface area contributed by atoms with E-state index in [-0.39, 0.29) is 54.5 Å². The summed E-state index contributed by atoms with van der Waals surface area (Å²) in [5.74, 6) is -1.29. The SMILES string of the molecule is CS(=O)(=O)CCn1cc(Cc2ncc(-c3ccc(CC(=O)Nc4cc(C5(C(F)(F)F)CC5)on4)c(F)c3)cn2)cn1.CS(=O)(=O)CCn1cc(N)cn1. The van der Waals surface area contributed by atoms with Crippen molar-refractivity contribution in [2.75, 3.05) is 35.1 Å². The normalized spacial score (nSPS) is 14.0. The van der Waals surface area contributed by atoms with Crippen LogP contribution in [0.1, 0.15) is 35.6 Å². The fourth-order valence-electron chi connectivity index (χ4n) is 5.00. The molecule has 15 nitrogen and oxygen atoms in total. The van der Waals surface area contributed by atoms with Crippen molar-refractivity contribution in [2.45, 2.75) is 50.4 Å². The number of amides is 1. The molecule has 21 heteroatoms. The van der Waals surface area contributed by atoms with E-state index in [1.807, 2.05) is 0 Å². The number of nitrogens with one attached hydrogen (secondary N) is 1. The van der Waals surface area contributed by atoms with Gasteiger partial charge in [-0.15, -0.1) is 0 Å². The Morgan fingerprint density at radius 3 is 2.09 bits per heavy atom. The average molecular weight is 782 g/mol. The van der Waals surface area contributed by atoms with E-state index in [1.165, 1.54) is 46.3 Å². The molecule has 1 fully saturated rings. The van der Waals surface area contributed by atoms with Crippen molar-refractivity contribution in [1.29, 1.82) is 0 Å². The maximum Gasteiger partial charge on any atom is 0.401 e. The number of hydrogen-bond donors (Lipinski definition) is 2. The van der Waals surface area contributed by atoms with Crippen LogP contribution in [0.15, 0.2) is 66.0 Å². The number of carbonyl (C=O) groups excluding carboxylic acids is 1. The fraction of sp³-hybridized carbons (Fsp3) is 0.375. The maximum absolute atomic E-state index is 14.8. The van der Waals surface area contributed by atoms with Crippen molar-refractivity contribution in [1.82, 2.24) is 34.7 Å². The molecule has 1 aliphatic rings. The number of hydrogen-bond acceptors (Lipinski definition) is 12. The topological polar surface area (TPSA) is 211 Å². The first kappa shape index (κ1) is 39.0. The van der Waals surface area contributed by atoms with Crippen molar-refractivity contribution < 1.29 is 43.7 Å². The number of anilines is 2. The second-order valence-corrected chi connectivity index (χ2v) is 17.2. The summed E-state index contributed by atoms with van der Waals surface area (Å²) in [4.78, 5) is 21.0. The Morgan fingerprint density at radius 2 is 1.55 bits per heavy atom. The molecule has 5 aromatic rings. The summed E-state index contributed by atoms with van der Waals surface area (Å²) in [7, 11) is -6.02. The van der Waals surface area contributed by atoms with Gasteiger partial charge in [-0.3, -0.25) is 14.2 Å². The van der Waals surface area contributed by atoms with Crippen LogP contribution in [0.3, 0.4) is 0 Å². The standard InChI is InChI=1S/C26H24F4N6O4S.C6H11N3O2S/c1-41(38,39)7-6-36-15-16(12-33-36)8-22-31-13-19(14-32-22)17-2-3-18(20(27)9-17)10-24(37)34-23-11-21(40-35-23)25(4-5-25)26(28,29)30;1-12(10,11)3-2-9-5-6(7)4-8-9/h2-3,9,11-15H,4-8,10H2,1H3,(H,34,35,37);4-5H,2-3,7H2,1H3. The van der Waals surface area contributed by atoms with Gasteiger partial charge >= 0.3 is 6.18 Å². The zero-order valence-corrected chi connectivity index (χ0v) is 30.0. The Morgan fingerprint density at radius 1 is 0.925 bits per heavy atom. The molecule has 0 bridgehead atoms. The number of benzene rings is 1.